The highest BCUT2D eigenvalue weighted by Crippen LogP contribution is 2.37. The minimum Gasteiger partial charge on any atom is -0.461 e. The van der Waals surface area contributed by atoms with Gasteiger partial charge in [-0.1, -0.05) is 0 Å². The molecule has 34 heavy (non-hydrogen) atoms. The lowest BCUT2D eigenvalue weighted by Crippen LogP contribution is -2.11. The number of aromatic nitrogens is 1. The Labute approximate surface area is 196 Å². The third kappa shape index (κ3) is 5.72. The van der Waals surface area contributed by atoms with Crippen LogP contribution in [0.3, 0.4) is 0 Å². The number of carbonyl (C=O) groups excluding carboxylic acids is 2. The van der Waals surface area contributed by atoms with Gasteiger partial charge >= 0.3 is 12.1 Å². The van der Waals surface area contributed by atoms with Gasteiger partial charge in [-0.3, -0.25) is 4.79 Å². The van der Waals surface area contributed by atoms with Crippen molar-refractivity contribution in [3.8, 4) is 0 Å². The number of thiazole rings is 1. The number of hydrogen-bond acceptors (Lipinski definition) is 8. The minimum atomic E-state index is -4.78. The van der Waals surface area contributed by atoms with Crippen LogP contribution >= 0.6 is 11.3 Å². The molecule has 2 aromatic carbocycles. The zero-order chi connectivity index (χ0) is 25.1. The first kappa shape index (κ1) is 25.2. The van der Waals surface area contributed by atoms with Crippen LogP contribution < -0.4 is 10.6 Å². The number of rotatable bonds is 7. The highest BCUT2D eigenvalue weighted by atomic mass is 32.2. The van der Waals surface area contributed by atoms with Gasteiger partial charge in [-0.15, -0.1) is 11.3 Å². The molecule has 1 amide bonds. The predicted octanol–water partition coefficient (Wildman–Crippen LogP) is 4.87. The summed E-state index contributed by atoms with van der Waals surface area (Å²) >= 11 is 0.951. The molecule has 0 saturated carbocycles. The average Bonchev–Trinajstić information content (AvgIpc) is 3.22. The van der Waals surface area contributed by atoms with E-state index in [2.05, 4.69) is 15.6 Å². The molecule has 0 atom stereocenters. The molecule has 0 bridgehead atoms. The van der Waals surface area contributed by atoms with E-state index in [1.807, 2.05) is 0 Å². The molecular weight excluding hydrogens is 495 g/mol. The number of halogens is 3. The van der Waals surface area contributed by atoms with Gasteiger partial charge in [0, 0.05) is 18.0 Å². The molecule has 0 fully saturated rings. The highest BCUT2D eigenvalue weighted by molar-refractivity contribution is 7.91. The smallest absolute Gasteiger partial charge is 0.416 e. The Kier molecular flexibility index (Phi) is 7.26. The zero-order valence-electron chi connectivity index (χ0n) is 17.8. The van der Waals surface area contributed by atoms with E-state index in [4.69, 9.17) is 4.74 Å². The van der Waals surface area contributed by atoms with E-state index >= 15 is 0 Å². The Morgan fingerprint density at radius 3 is 2.38 bits per heavy atom. The SMILES string of the molecule is CCOC(=O)c1csc(Nc2ccc(C(F)(F)F)cc2S(=O)(=O)c2ccc(NC(C)=O)cc2)n1. The standard InChI is InChI=1S/C21H18F3N3O5S2/c1-3-32-19(29)17-11-33-20(27-17)26-16-9-4-13(21(22,23)24)10-18(16)34(30,31)15-7-5-14(6-8-15)25-12(2)28/h4-11H,3H2,1-2H3,(H,25,28)(H,26,27). The van der Waals surface area contributed by atoms with Gasteiger partial charge in [0.15, 0.2) is 10.8 Å². The van der Waals surface area contributed by atoms with Crippen molar-refractivity contribution in [1.29, 1.82) is 0 Å². The maximum Gasteiger partial charge on any atom is 0.416 e. The zero-order valence-corrected chi connectivity index (χ0v) is 19.4. The molecule has 0 radical (unpaired) electrons. The molecule has 0 unspecified atom stereocenters. The number of hydrogen-bond donors (Lipinski definition) is 2. The van der Waals surface area contributed by atoms with Crippen molar-refractivity contribution in [3.05, 3.63) is 59.1 Å². The van der Waals surface area contributed by atoms with Crippen LogP contribution in [0.5, 0.6) is 0 Å². The second kappa shape index (κ2) is 9.81. The molecule has 0 spiro atoms. The first-order chi connectivity index (χ1) is 15.9. The van der Waals surface area contributed by atoms with Crippen molar-refractivity contribution < 1.29 is 35.9 Å². The Balaban J connectivity index is 2.04. The molecule has 180 valence electrons. The molecular formula is C21H18F3N3O5S2. The van der Waals surface area contributed by atoms with E-state index in [-0.39, 0.29) is 33.9 Å². The van der Waals surface area contributed by atoms with Crippen LogP contribution in [-0.2, 0) is 25.5 Å². The number of anilines is 3. The molecule has 13 heteroatoms. The maximum atomic E-state index is 13.3. The highest BCUT2D eigenvalue weighted by Gasteiger charge is 2.33. The van der Waals surface area contributed by atoms with Crippen molar-refractivity contribution in [3.63, 3.8) is 0 Å². The van der Waals surface area contributed by atoms with Gasteiger partial charge in [-0.25, -0.2) is 18.2 Å². The number of amides is 1. The number of nitrogens with zero attached hydrogens (tertiary/aromatic N) is 1. The second-order valence-corrected chi connectivity index (χ2v) is 9.58. The van der Waals surface area contributed by atoms with Crippen LogP contribution in [0.25, 0.3) is 0 Å². The Hall–Kier alpha value is -3.45. The van der Waals surface area contributed by atoms with E-state index in [1.165, 1.54) is 36.6 Å². The molecule has 0 aliphatic carbocycles. The van der Waals surface area contributed by atoms with Gasteiger partial charge in [-0.2, -0.15) is 13.2 Å². The Morgan fingerprint density at radius 2 is 1.79 bits per heavy atom. The molecule has 3 rings (SSSR count). The Bertz CT molecular complexity index is 1320. The Morgan fingerprint density at radius 1 is 1.12 bits per heavy atom. The van der Waals surface area contributed by atoms with Crippen molar-refractivity contribution >= 4 is 49.6 Å². The fourth-order valence-corrected chi connectivity index (χ4v) is 4.95. The van der Waals surface area contributed by atoms with Gasteiger partial charge in [0.25, 0.3) is 0 Å². The van der Waals surface area contributed by atoms with E-state index in [1.54, 1.807) is 6.92 Å². The van der Waals surface area contributed by atoms with E-state index < -0.39 is 32.4 Å². The van der Waals surface area contributed by atoms with Gasteiger partial charge in [0.2, 0.25) is 15.7 Å². The number of ether oxygens (including phenoxy) is 1. The molecule has 0 aliphatic rings. The number of carbonyl (C=O) groups is 2. The largest absolute Gasteiger partial charge is 0.461 e. The van der Waals surface area contributed by atoms with Gasteiger partial charge in [0.05, 0.1) is 27.6 Å². The lowest BCUT2D eigenvalue weighted by atomic mass is 10.2. The van der Waals surface area contributed by atoms with Crippen LogP contribution in [0.15, 0.2) is 57.6 Å². The van der Waals surface area contributed by atoms with Crippen LogP contribution in [0.2, 0.25) is 0 Å². The third-order valence-corrected chi connectivity index (χ3v) is 6.88. The lowest BCUT2D eigenvalue weighted by molar-refractivity contribution is -0.137. The van der Waals surface area contributed by atoms with E-state index in [9.17, 15) is 31.2 Å². The number of sulfone groups is 1. The maximum absolute atomic E-state index is 13.3. The summed E-state index contributed by atoms with van der Waals surface area (Å²) in [6.45, 7) is 3.02. The van der Waals surface area contributed by atoms with E-state index in [0.717, 1.165) is 23.5 Å². The fourth-order valence-electron chi connectivity index (χ4n) is 2.82. The van der Waals surface area contributed by atoms with Crippen molar-refractivity contribution in [1.82, 2.24) is 4.98 Å². The van der Waals surface area contributed by atoms with Crippen LogP contribution in [0.4, 0.5) is 29.7 Å². The van der Waals surface area contributed by atoms with Gasteiger partial charge in [-0.05, 0) is 49.4 Å². The molecule has 0 saturated heterocycles. The molecule has 2 N–H and O–H groups in total. The summed E-state index contributed by atoms with van der Waals surface area (Å²) in [6, 6.07) is 7.23. The third-order valence-electron chi connectivity index (χ3n) is 4.31. The molecule has 8 nitrogen and oxygen atoms in total. The summed E-state index contributed by atoms with van der Waals surface area (Å²) in [4.78, 5) is 26.1. The summed E-state index contributed by atoms with van der Waals surface area (Å²) in [5.74, 6) is -1.06. The first-order valence-corrected chi connectivity index (χ1v) is 12.0. The summed E-state index contributed by atoms with van der Waals surface area (Å²) in [6.07, 6.45) is -4.78. The van der Waals surface area contributed by atoms with Crippen LogP contribution in [-0.4, -0.2) is 31.9 Å². The normalized spacial score (nSPS) is 11.7. The monoisotopic (exact) mass is 513 g/mol. The fraction of sp³-hybridized carbons (Fsp3) is 0.190. The summed E-state index contributed by atoms with van der Waals surface area (Å²) in [7, 11) is -4.43. The quantitative estimate of drug-likeness (QED) is 0.433. The molecule has 1 aromatic heterocycles. The van der Waals surface area contributed by atoms with Crippen molar-refractivity contribution in [2.75, 3.05) is 17.2 Å². The van der Waals surface area contributed by atoms with Gasteiger partial charge in [0.1, 0.15) is 0 Å². The van der Waals surface area contributed by atoms with Crippen molar-refractivity contribution in [2.45, 2.75) is 29.8 Å². The average molecular weight is 514 g/mol. The minimum absolute atomic E-state index is 0.0285. The van der Waals surface area contributed by atoms with Crippen LogP contribution in [0.1, 0.15) is 29.9 Å². The van der Waals surface area contributed by atoms with Gasteiger partial charge < -0.3 is 15.4 Å². The summed E-state index contributed by atoms with van der Waals surface area (Å²) < 4.78 is 71.4. The molecule has 3 aromatic rings. The first-order valence-electron chi connectivity index (χ1n) is 9.65. The number of benzene rings is 2. The number of nitrogens with one attached hydrogen (secondary N) is 2. The second-order valence-electron chi connectivity index (χ2n) is 6.80. The van der Waals surface area contributed by atoms with Crippen molar-refractivity contribution in [2.24, 2.45) is 0 Å². The van der Waals surface area contributed by atoms with E-state index in [0.29, 0.717) is 11.8 Å². The number of esters is 1. The molecule has 1 heterocycles. The molecule has 0 aliphatic heterocycles. The number of alkyl halides is 3. The van der Waals surface area contributed by atoms with Crippen LogP contribution in [0, 0.1) is 0 Å². The topological polar surface area (TPSA) is 114 Å². The summed E-state index contributed by atoms with van der Waals surface area (Å²) in [5, 5.41) is 6.61. The lowest BCUT2D eigenvalue weighted by Gasteiger charge is -2.15. The summed E-state index contributed by atoms with van der Waals surface area (Å²) in [5.41, 5.74) is -1.02. The predicted molar refractivity (Wildman–Crippen MR) is 119 cm³/mol.